The van der Waals surface area contributed by atoms with Crippen molar-refractivity contribution in [2.75, 3.05) is 6.54 Å². The number of hydrogen-bond acceptors (Lipinski definition) is 4. The first-order valence-corrected chi connectivity index (χ1v) is 7.13. The molecule has 5 nitrogen and oxygen atoms in total. The Morgan fingerprint density at radius 2 is 2.26 bits per heavy atom. The molecule has 0 heterocycles. The zero-order valence-electron chi connectivity index (χ0n) is 10.8. The minimum Gasteiger partial charge on any atom is -0.489 e. The SMILES string of the molecule is Cc1cc(OC2CCCC2CN)c(Br)cc1[N+](=O)[O-]. The largest absolute Gasteiger partial charge is 0.489 e. The first kappa shape index (κ1) is 14.3. The maximum Gasteiger partial charge on any atom is 0.273 e. The summed E-state index contributed by atoms with van der Waals surface area (Å²) < 4.78 is 6.59. The van der Waals surface area contributed by atoms with Crippen LogP contribution in [0.3, 0.4) is 0 Å². The molecule has 0 aliphatic heterocycles. The molecule has 1 aromatic carbocycles. The predicted octanol–water partition coefficient (Wildman–Crippen LogP) is 3.17. The normalized spacial score (nSPS) is 22.5. The van der Waals surface area contributed by atoms with Gasteiger partial charge in [0.05, 0.1) is 9.40 Å². The average molecular weight is 329 g/mol. The summed E-state index contributed by atoms with van der Waals surface area (Å²) in [5.74, 6) is 1.04. The van der Waals surface area contributed by atoms with Gasteiger partial charge in [-0.1, -0.05) is 0 Å². The number of hydrogen-bond donors (Lipinski definition) is 1. The molecular formula is C13H17BrN2O3. The number of nitro groups is 1. The van der Waals surface area contributed by atoms with E-state index in [4.69, 9.17) is 10.5 Å². The summed E-state index contributed by atoms with van der Waals surface area (Å²) in [7, 11) is 0. The highest BCUT2D eigenvalue weighted by Crippen LogP contribution is 2.36. The Kier molecular flexibility index (Phi) is 4.42. The van der Waals surface area contributed by atoms with E-state index in [2.05, 4.69) is 15.9 Å². The van der Waals surface area contributed by atoms with Crippen LogP contribution < -0.4 is 10.5 Å². The third kappa shape index (κ3) is 3.06. The standard InChI is InChI=1S/C13H17BrN2O3/c1-8-5-13(10(14)6-11(8)16(17)18)19-12-4-2-3-9(12)7-15/h5-6,9,12H,2-4,7,15H2,1H3. The van der Waals surface area contributed by atoms with E-state index >= 15 is 0 Å². The van der Waals surface area contributed by atoms with Gasteiger partial charge in [-0.25, -0.2) is 0 Å². The lowest BCUT2D eigenvalue weighted by atomic mass is 10.1. The molecule has 6 heteroatoms. The molecule has 2 atom stereocenters. The quantitative estimate of drug-likeness (QED) is 0.680. The van der Waals surface area contributed by atoms with E-state index in [1.165, 1.54) is 6.07 Å². The molecule has 104 valence electrons. The molecule has 2 rings (SSSR count). The van der Waals surface area contributed by atoms with Crippen LogP contribution in [0.5, 0.6) is 5.75 Å². The summed E-state index contributed by atoms with van der Waals surface area (Å²) in [6, 6.07) is 3.21. The van der Waals surface area contributed by atoms with Gasteiger partial charge in [-0.15, -0.1) is 0 Å². The van der Waals surface area contributed by atoms with Gasteiger partial charge in [-0.05, 0) is 54.7 Å². The minimum atomic E-state index is -0.387. The van der Waals surface area contributed by atoms with Crippen LogP contribution in [-0.2, 0) is 0 Å². The molecule has 0 aromatic heterocycles. The van der Waals surface area contributed by atoms with Gasteiger partial charge in [0.1, 0.15) is 11.9 Å². The molecule has 0 bridgehead atoms. The summed E-state index contributed by atoms with van der Waals surface area (Å²) in [5.41, 5.74) is 6.43. The van der Waals surface area contributed by atoms with Crippen LogP contribution in [0.2, 0.25) is 0 Å². The van der Waals surface area contributed by atoms with Gasteiger partial charge in [-0.3, -0.25) is 10.1 Å². The Morgan fingerprint density at radius 3 is 2.89 bits per heavy atom. The van der Waals surface area contributed by atoms with E-state index in [1.54, 1.807) is 13.0 Å². The topological polar surface area (TPSA) is 78.4 Å². The number of benzene rings is 1. The van der Waals surface area contributed by atoms with Crippen LogP contribution in [-0.4, -0.2) is 17.6 Å². The number of ether oxygens (including phenoxy) is 1. The molecule has 0 radical (unpaired) electrons. The number of nitrogens with zero attached hydrogens (tertiary/aromatic N) is 1. The molecule has 0 spiro atoms. The number of halogens is 1. The van der Waals surface area contributed by atoms with Gasteiger partial charge in [0.25, 0.3) is 5.69 Å². The van der Waals surface area contributed by atoms with Crippen molar-refractivity contribution in [2.45, 2.75) is 32.3 Å². The van der Waals surface area contributed by atoms with Crippen LogP contribution >= 0.6 is 15.9 Å². The molecule has 0 saturated heterocycles. The van der Waals surface area contributed by atoms with Crippen molar-refractivity contribution < 1.29 is 9.66 Å². The highest BCUT2D eigenvalue weighted by molar-refractivity contribution is 9.10. The number of nitrogens with two attached hydrogens (primary N) is 1. The number of aryl methyl sites for hydroxylation is 1. The van der Waals surface area contributed by atoms with Gasteiger partial charge in [-0.2, -0.15) is 0 Å². The lowest BCUT2D eigenvalue weighted by molar-refractivity contribution is -0.385. The van der Waals surface area contributed by atoms with Crippen LogP contribution in [0.15, 0.2) is 16.6 Å². The van der Waals surface area contributed by atoms with Gasteiger partial charge in [0.15, 0.2) is 0 Å². The first-order chi connectivity index (χ1) is 9.02. The minimum absolute atomic E-state index is 0.0982. The van der Waals surface area contributed by atoms with Crippen molar-refractivity contribution in [3.05, 3.63) is 32.3 Å². The number of nitro benzene ring substituents is 1. The van der Waals surface area contributed by atoms with Gasteiger partial charge < -0.3 is 10.5 Å². The van der Waals surface area contributed by atoms with Crippen molar-refractivity contribution in [1.82, 2.24) is 0 Å². The molecule has 1 fully saturated rings. The molecule has 1 aliphatic carbocycles. The second-order valence-corrected chi connectivity index (χ2v) is 5.76. The van der Waals surface area contributed by atoms with Crippen molar-refractivity contribution in [3.63, 3.8) is 0 Å². The Morgan fingerprint density at radius 1 is 1.53 bits per heavy atom. The van der Waals surface area contributed by atoms with Crippen LogP contribution in [0, 0.1) is 23.0 Å². The average Bonchev–Trinajstić information content (AvgIpc) is 2.80. The van der Waals surface area contributed by atoms with Crippen molar-refractivity contribution in [3.8, 4) is 5.75 Å². The van der Waals surface area contributed by atoms with E-state index in [9.17, 15) is 10.1 Å². The number of rotatable bonds is 4. The van der Waals surface area contributed by atoms with Gasteiger partial charge >= 0.3 is 0 Å². The first-order valence-electron chi connectivity index (χ1n) is 6.34. The molecule has 1 saturated carbocycles. The summed E-state index contributed by atoms with van der Waals surface area (Å²) >= 11 is 3.34. The van der Waals surface area contributed by atoms with E-state index in [-0.39, 0.29) is 16.7 Å². The molecule has 0 amide bonds. The fourth-order valence-electron chi connectivity index (χ4n) is 2.52. The second-order valence-electron chi connectivity index (χ2n) is 4.91. The van der Waals surface area contributed by atoms with Crippen molar-refractivity contribution >= 4 is 21.6 Å². The summed E-state index contributed by atoms with van der Waals surface area (Å²) in [4.78, 5) is 10.5. The van der Waals surface area contributed by atoms with Crippen LogP contribution in [0.4, 0.5) is 5.69 Å². The third-order valence-corrected chi connectivity index (χ3v) is 4.24. The second kappa shape index (κ2) is 5.88. The Bertz CT molecular complexity index is 493. The maximum absolute atomic E-state index is 10.9. The Balaban J connectivity index is 2.21. The predicted molar refractivity (Wildman–Crippen MR) is 76.3 cm³/mol. The molecular weight excluding hydrogens is 312 g/mol. The molecule has 1 aliphatic rings. The maximum atomic E-state index is 10.9. The van der Waals surface area contributed by atoms with E-state index in [1.807, 2.05) is 0 Å². The lowest BCUT2D eigenvalue weighted by Crippen LogP contribution is -2.27. The van der Waals surface area contributed by atoms with Crippen molar-refractivity contribution in [1.29, 1.82) is 0 Å². The van der Waals surface area contributed by atoms with E-state index in [0.29, 0.717) is 28.2 Å². The highest BCUT2D eigenvalue weighted by Gasteiger charge is 2.28. The highest BCUT2D eigenvalue weighted by atomic mass is 79.9. The van der Waals surface area contributed by atoms with E-state index < -0.39 is 0 Å². The van der Waals surface area contributed by atoms with Gasteiger partial charge in [0.2, 0.25) is 0 Å². The Hall–Kier alpha value is -1.14. The lowest BCUT2D eigenvalue weighted by Gasteiger charge is -2.21. The van der Waals surface area contributed by atoms with Crippen LogP contribution in [0.1, 0.15) is 24.8 Å². The third-order valence-electron chi connectivity index (χ3n) is 3.62. The summed E-state index contributed by atoms with van der Waals surface area (Å²) in [6.07, 6.45) is 3.31. The smallest absolute Gasteiger partial charge is 0.273 e. The fourth-order valence-corrected chi connectivity index (χ4v) is 2.95. The van der Waals surface area contributed by atoms with Crippen LogP contribution in [0.25, 0.3) is 0 Å². The Labute approximate surface area is 120 Å². The summed E-state index contributed by atoms with van der Waals surface area (Å²) in [6.45, 7) is 2.33. The zero-order chi connectivity index (χ0) is 14.0. The monoisotopic (exact) mass is 328 g/mol. The van der Waals surface area contributed by atoms with E-state index in [0.717, 1.165) is 19.3 Å². The van der Waals surface area contributed by atoms with Gasteiger partial charge in [0, 0.05) is 17.5 Å². The van der Waals surface area contributed by atoms with Crippen molar-refractivity contribution in [2.24, 2.45) is 11.7 Å². The zero-order valence-corrected chi connectivity index (χ0v) is 12.4. The molecule has 19 heavy (non-hydrogen) atoms. The summed E-state index contributed by atoms with van der Waals surface area (Å²) in [5, 5.41) is 10.9. The molecule has 2 unspecified atom stereocenters. The molecule has 1 aromatic rings. The molecule has 2 N–H and O–H groups in total. The fraction of sp³-hybridized carbons (Fsp3) is 0.538.